The SMILES string of the molecule is CS(=O)(=O)OCCC1COCCN1c1nn(-c2ccc(Cl)cc2)c2cnccc12. The zero-order valence-electron chi connectivity index (χ0n) is 15.9. The number of aromatic nitrogens is 3. The Balaban J connectivity index is 1.69. The highest BCUT2D eigenvalue weighted by Gasteiger charge is 2.28. The second kappa shape index (κ2) is 8.27. The summed E-state index contributed by atoms with van der Waals surface area (Å²) in [5.74, 6) is 0.810. The molecule has 1 aliphatic heterocycles. The van der Waals surface area contributed by atoms with E-state index in [-0.39, 0.29) is 12.6 Å². The lowest BCUT2D eigenvalue weighted by atomic mass is 10.1. The van der Waals surface area contributed by atoms with Crippen molar-refractivity contribution in [3.05, 3.63) is 47.7 Å². The van der Waals surface area contributed by atoms with E-state index in [0.29, 0.717) is 31.2 Å². The maximum absolute atomic E-state index is 11.3. The first-order chi connectivity index (χ1) is 13.9. The molecule has 0 N–H and O–H groups in total. The molecule has 1 aliphatic rings. The predicted molar refractivity (Wildman–Crippen MR) is 111 cm³/mol. The van der Waals surface area contributed by atoms with E-state index >= 15 is 0 Å². The van der Waals surface area contributed by atoms with Crippen LogP contribution in [0.5, 0.6) is 0 Å². The minimum atomic E-state index is -3.48. The van der Waals surface area contributed by atoms with Gasteiger partial charge in [0.1, 0.15) is 0 Å². The van der Waals surface area contributed by atoms with Crippen LogP contribution in [0.3, 0.4) is 0 Å². The van der Waals surface area contributed by atoms with E-state index in [0.717, 1.165) is 28.7 Å². The molecule has 0 radical (unpaired) electrons. The van der Waals surface area contributed by atoms with Gasteiger partial charge < -0.3 is 9.64 Å². The molecule has 29 heavy (non-hydrogen) atoms. The number of halogens is 1. The first kappa shape index (κ1) is 20.1. The second-order valence-electron chi connectivity index (χ2n) is 6.84. The summed E-state index contributed by atoms with van der Waals surface area (Å²) >= 11 is 6.03. The third-order valence-corrected chi connectivity index (χ3v) is 5.63. The van der Waals surface area contributed by atoms with Crippen molar-refractivity contribution in [2.24, 2.45) is 0 Å². The number of nitrogens with zero attached hydrogens (tertiary/aromatic N) is 4. The molecule has 0 spiro atoms. The van der Waals surface area contributed by atoms with Gasteiger partial charge in [-0.15, -0.1) is 5.10 Å². The molecule has 0 bridgehead atoms. The Morgan fingerprint density at radius 3 is 2.83 bits per heavy atom. The summed E-state index contributed by atoms with van der Waals surface area (Å²) in [5, 5.41) is 6.48. The molecule has 0 saturated carbocycles. The van der Waals surface area contributed by atoms with Crippen LogP contribution >= 0.6 is 11.6 Å². The van der Waals surface area contributed by atoms with E-state index in [2.05, 4.69) is 9.88 Å². The Morgan fingerprint density at radius 1 is 1.28 bits per heavy atom. The molecule has 3 heterocycles. The number of hydrogen-bond donors (Lipinski definition) is 0. The molecule has 0 amide bonds. The number of anilines is 1. The Bertz CT molecular complexity index is 1100. The first-order valence-corrected chi connectivity index (χ1v) is 11.4. The molecule has 1 saturated heterocycles. The van der Waals surface area contributed by atoms with Crippen LogP contribution in [0.2, 0.25) is 5.02 Å². The minimum Gasteiger partial charge on any atom is -0.377 e. The fraction of sp³-hybridized carbons (Fsp3) is 0.368. The van der Waals surface area contributed by atoms with Crippen molar-refractivity contribution in [2.45, 2.75) is 12.5 Å². The lowest BCUT2D eigenvalue weighted by molar-refractivity contribution is 0.0865. The molecule has 154 valence electrons. The average molecular weight is 437 g/mol. The zero-order chi connectivity index (χ0) is 20.4. The van der Waals surface area contributed by atoms with Crippen LogP contribution in [0.1, 0.15) is 6.42 Å². The average Bonchev–Trinajstić information content (AvgIpc) is 3.08. The van der Waals surface area contributed by atoms with Gasteiger partial charge in [-0.05, 0) is 36.8 Å². The van der Waals surface area contributed by atoms with E-state index in [1.54, 1.807) is 12.4 Å². The topological polar surface area (TPSA) is 86.6 Å². The molecule has 1 aromatic carbocycles. The number of hydrogen-bond acceptors (Lipinski definition) is 7. The van der Waals surface area contributed by atoms with Crippen LogP contribution in [0, 0.1) is 0 Å². The van der Waals surface area contributed by atoms with Crippen molar-refractivity contribution in [2.75, 3.05) is 37.5 Å². The molecule has 3 aromatic rings. The van der Waals surface area contributed by atoms with Crippen LogP contribution in [0.25, 0.3) is 16.6 Å². The Morgan fingerprint density at radius 2 is 2.07 bits per heavy atom. The number of pyridine rings is 1. The zero-order valence-corrected chi connectivity index (χ0v) is 17.4. The number of rotatable bonds is 6. The van der Waals surface area contributed by atoms with Gasteiger partial charge in [0.2, 0.25) is 0 Å². The van der Waals surface area contributed by atoms with Gasteiger partial charge in [-0.3, -0.25) is 9.17 Å². The number of fused-ring (bicyclic) bond motifs is 1. The van der Waals surface area contributed by atoms with Gasteiger partial charge in [-0.25, -0.2) is 4.68 Å². The normalized spacial score (nSPS) is 17.7. The van der Waals surface area contributed by atoms with Gasteiger partial charge in [0, 0.05) is 23.2 Å². The van der Waals surface area contributed by atoms with Gasteiger partial charge >= 0.3 is 0 Å². The summed E-state index contributed by atoms with van der Waals surface area (Å²) in [4.78, 5) is 6.41. The van der Waals surface area contributed by atoms with Crippen molar-refractivity contribution in [1.29, 1.82) is 0 Å². The van der Waals surface area contributed by atoms with E-state index in [1.807, 2.05) is 35.0 Å². The Labute approximate surface area is 174 Å². The van der Waals surface area contributed by atoms with Gasteiger partial charge in [-0.2, -0.15) is 8.42 Å². The summed E-state index contributed by atoms with van der Waals surface area (Å²) in [6.45, 7) is 1.80. The summed E-state index contributed by atoms with van der Waals surface area (Å²) < 4.78 is 35.0. The van der Waals surface area contributed by atoms with Crippen LogP contribution < -0.4 is 4.90 Å². The predicted octanol–water partition coefficient (Wildman–Crippen LogP) is 2.65. The highest BCUT2D eigenvalue weighted by atomic mass is 35.5. The van der Waals surface area contributed by atoms with Crippen LogP contribution in [0.4, 0.5) is 5.82 Å². The van der Waals surface area contributed by atoms with Crippen molar-refractivity contribution >= 4 is 38.4 Å². The quantitative estimate of drug-likeness (QED) is 0.549. The van der Waals surface area contributed by atoms with Gasteiger partial charge in [0.05, 0.1) is 49.5 Å². The van der Waals surface area contributed by atoms with E-state index in [1.165, 1.54) is 0 Å². The molecule has 2 aromatic heterocycles. The van der Waals surface area contributed by atoms with Crippen LogP contribution in [-0.4, -0.2) is 61.8 Å². The molecular weight excluding hydrogens is 416 g/mol. The Kier molecular flexibility index (Phi) is 5.73. The summed E-state index contributed by atoms with van der Waals surface area (Å²) in [7, 11) is -3.48. The van der Waals surface area contributed by atoms with Crippen molar-refractivity contribution < 1.29 is 17.3 Å². The molecule has 1 fully saturated rings. The molecule has 0 aliphatic carbocycles. The van der Waals surface area contributed by atoms with E-state index < -0.39 is 10.1 Å². The summed E-state index contributed by atoms with van der Waals surface area (Å²) in [5.41, 5.74) is 1.76. The van der Waals surface area contributed by atoms with Gasteiger partial charge in [-0.1, -0.05) is 11.6 Å². The van der Waals surface area contributed by atoms with E-state index in [4.69, 9.17) is 25.6 Å². The molecule has 1 atom stereocenters. The largest absolute Gasteiger partial charge is 0.377 e. The molecular formula is C19H21ClN4O4S. The molecule has 4 rings (SSSR count). The fourth-order valence-corrected chi connectivity index (χ4v) is 3.97. The monoisotopic (exact) mass is 436 g/mol. The number of benzene rings is 1. The third kappa shape index (κ3) is 4.53. The van der Waals surface area contributed by atoms with Crippen molar-refractivity contribution in [3.8, 4) is 5.69 Å². The highest BCUT2D eigenvalue weighted by Crippen LogP contribution is 2.31. The maximum atomic E-state index is 11.3. The minimum absolute atomic E-state index is 0.0459. The standard InChI is InChI=1S/C19H21ClN4O4S/c1-29(25,26)28-10-7-16-13-27-11-9-23(16)19-17-6-8-21-12-18(17)24(22-19)15-4-2-14(20)3-5-15/h2-6,8,12,16H,7,9-11,13H2,1H3. The van der Waals surface area contributed by atoms with E-state index in [9.17, 15) is 8.42 Å². The smallest absolute Gasteiger partial charge is 0.264 e. The lowest BCUT2D eigenvalue weighted by Gasteiger charge is -2.36. The summed E-state index contributed by atoms with van der Waals surface area (Å²) in [6.07, 6.45) is 5.08. The number of ether oxygens (including phenoxy) is 1. The molecule has 1 unspecified atom stereocenters. The molecule has 10 heteroatoms. The summed E-state index contributed by atoms with van der Waals surface area (Å²) in [6, 6.07) is 9.34. The fourth-order valence-electron chi connectivity index (χ4n) is 3.45. The van der Waals surface area contributed by atoms with Crippen LogP contribution in [-0.2, 0) is 19.0 Å². The van der Waals surface area contributed by atoms with Gasteiger partial charge in [0.15, 0.2) is 5.82 Å². The lowest BCUT2D eigenvalue weighted by Crippen LogP contribution is -2.46. The third-order valence-electron chi connectivity index (χ3n) is 4.78. The second-order valence-corrected chi connectivity index (χ2v) is 8.92. The van der Waals surface area contributed by atoms with Gasteiger partial charge in [0.25, 0.3) is 10.1 Å². The Hall–Kier alpha value is -2.20. The first-order valence-electron chi connectivity index (χ1n) is 9.20. The maximum Gasteiger partial charge on any atom is 0.264 e. The van der Waals surface area contributed by atoms with Crippen LogP contribution in [0.15, 0.2) is 42.7 Å². The van der Waals surface area contributed by atoms with Crippen molar-refractivity contribution in [1.82, 2.24) is 14.8 Å². The van der Waals surface area contributed by atoms with Crippen molar-refractivity contribution in [3.63, 3.8) is 0 Å². The molecule has 8 nitrogen and oxygen atoms in total. The number of morpholine rings is 1. The highest BCUT2D eigenvalue weighted by molar-refractivity contribution is 7.85.